The maximum atomic E-state index is 13.7. The van der Waals surface area contributed by atoms with Gasteiger partial charge in [0.05, 0.1) is 38.9 Å². The quantitative estimate of drug-likeness (QED) is 0.380. The fourth-order valence-electron chi connectivity index (χ4n) is 3.60. The van der Waals surface area contributed by atoms with Crippen molar-refractivity contribution in [1.82, 2.24) is 19.7 Å². The van der Waals surface area contributed by atoms with Crippen LogP contribution in [0.5, 0.6) is 0 Å². The van der Waals surface area contributed by atoms with Crippen LogP contribution in [0.4, 0.5) is 18.9 Å². The number of carbonyl (C=O) groups is 1. The number of benzene rings is 2. The molecule has 0 radical (unpaired) electrons. The van der Waals surface area contributed by atoms with Crippen molar-refractivity contribution in [1.29, 1.82) is 0 Å². The van der Waals surface area contributed by atoms with Crippen LogP contribution in [-0.4, -0.2) is 25.7 Å². The molecule has 2 aromatic heterocycles. The Balaban J connectivity index is 1.81. The number of nitrogens with one attached hydrogen (secondary N) is 1. The number of anilines is 1. The highest BCUT2D eigenvalue weighted by Crippen LogP contribution is 2.40. The lowest BCUT2D eigenvalue weighted by molar-refractivity contribution is -0.137. The average molecular weight is 486 g/mol. The highest BCUT2D eigenvalue weighted by atomic mass is 35.5. The molecule has 0 saturated heterocycles. The van der Waals surface area contributed by atoms with Gasteiger partial charge in [-0.1, -0.05) is 41.9 Å². The van der Waals surface area contributed by atoms with Gasteiger partial charge in [-0.05, 0) is 32.0 Å². The molecule has 2 heterocycles. The maximum absolute atomic E-state index is 13.7. The molecule has 0 aliphatic heterocycles. The Kier molecular flexibility index (Phi) is 6.14. The zero-order valence-corrected chi connectivity index (χ0v) is 19.2. The Hall–Kier alpha value is -3.72. The van der Waals surface area contributed by atoms with Crippen molar-refractivity contribution < 1.29 is 18.0 Å². The Morgan fingerprint density at radius 2 is 1.76 bits per heavy atom. The van der Waals surface area contributed by atoms with E-state index >= 15 is 0 Å². The molecule has 0 bridgehead atoms. The summed E-state index contributed by atoms with van der Waals surface area (Å²) in [6.45, 7) is 3.45. The number of hydrogen-bond acceptors (Lipinski definition) is 4. The highest BCUT2D eigenvalue weighted by Gasteiger charge is 2.36. The molecule has 10 heteroatoms. The number of carbonyl (C=O) groups excluding carboxylic acids is 1. The average Bonchev–Trinajstić information content (AvgIpc) is 3.21. The van der Waals surface area contributed by atoms with Gasteiger partial charge in [0, 0.05) is 24.4 Å². The maximum Gasteiger partial charge on any atom is 0.417 e. The predicted molar refractivity (Wildman–Crippen MR) is 124 cm³/mol. The van der Waals surface area contributed by atoms with Crippen molar-refractivity contribution in [3.63, 3.8) is 0 Å². The summed E-state index contributed by atoms with van der Waals surface area (Å²) >= 11 is 6.17. The number of hydrogen-bond donors (Lipinski definition) is 1. The first kappa shape index (κ1) is 23.4. The lowest BCUT2D eigenvalue weighted by Crippen LogP contribution is -2.17. The molecular weight excluding hydrogens is 467 g/mol. The van der Waals surface area contributed by atoms with Crippen LogP contribution in [0.2, 0.25) is 5.02 Å². The molecule has 34 heavy (non-hydrogen) atoms. The van der Waals surface area contributed by atoms with Crippen molar-refractivity contribution >= 4 is 23.2 Å². The molecule has 0 saturated carbocycles. The minimum absolute atomic E-state index is 0.0698. The largest absolute Gasteiger partial charge is 0.417 e. The zero-order chi connectivity index (χ0) is 24.6. The Morgan fingerprint density at radius 1 is 1.06 bits per heavy atom. The van der Waals surface area contributed by atoms with Gasteiger partial charge < -0.3 is 5.32 Å². The molecule has 1 amide bonds. The smallest absolute Gasteiger partial charge is 0.319 e. The van der Waals surface area contributed by atoms with Crippen LogP contribution >= 0.6 is 11.6 Å². The summed E-state index contributed by atoms with van der Waals surface area (Å²) in [5.74, 6) is -0.178. The molecule has 0 aliphatic carbocycles. The van der Waals surface area contributed by atoms with E-state index in [0.29, 0.717) is 22.9 Å². The second-order valence-corrected chi connectivity index (χ2v) is 8.06. The van der Waals surface area contributed by atoms with Crippen molar-refractivity contribution in [2.24, 2.45) is 7.05 Å². The third-order valence-corrected chi connectivity index (χ3v) is 5.45. The molecule has 0 fully saturated rings. The minimum atomic E-state index is -4.69. The van der Waals surface area contributed by atoms with E-state index in [0.717, 1.165) is 17.7 Å². The Bertz CT molecular complexity index is 1380. The van der Waals surface area contributed by atoms with Crippen LogP contribution in [0.15, 0.2) is 54.7 Å². The summed E-state index contributed by atoms with van der Waals surface area (Å²) in [5.41, 5.74) is 0.806. The Labute approximate surface area is 198 Å². The normalized spacial score (nSPS) is 11.5. The van der Waals surface area contributed by atoms with E-state index in [2.05, 4.69) is 20.4 Å². The lowest BCUT2D eigenvalue weighted by Gasteiger charge is -2.17. The fourth-order valence-corrected chi connectivity index (χ4v) is 3.85. The predicted octanol–water partition coefficient (Wildman–Crippen LogP) is 6.09. The molecule has 0 aliphatic rings. The number of aryl methyl sites for hydroxylation is 3. The van der Waals surface area contributed by atoms with Crippen molar-refractivity contribution in [3.8, 4) is 22.5 Å². The first-order chi connectivity index (χ1) is 16.0. The molecule has 6 nitrogen and oxygen atoms in total. The number of nitrogens with zero attached hydrogens (tertiary/aromatic N) is 4. The second kappa shape index (κ2) is 8.90. The summed E-state index contributed by atoms with van der Waals surface area (Å²) in [6, 6.07) is 12.5. The summed E-state index contributed by atoms with van der Waals surface area (Å²) in [4.78, 5) is 22.0. The number of rotatable bonds is 4. The SMILES string of the molecule is Cc1nc(C)c(NC(=O)c2cc(-c3ccn(C)n3)c(C(F)(F)F)cc2Cl)c(-c2ccccc2)n1. The van der Waals surface area contributed by atoms with Crippen LogP contribution in [0.3, 0.4) is 0 Å². The molecule has 4 rings (SSSR count). The molecule has 4 aromatic rings. The lowest BCUT2D eigenvalue weighted by atomic mass is 10.00. The van der Waals surface area contributed by atoms with Gasteiger partial charge in [0.15, 0.2) is 0 Å². The van der Waals surface area contributed by atoms with Gasteiger partial charge in [0.1, 0.15) is 5.82 Å². The molecular formula is C24H19ClF3N5O. The number of alkyl halides is 3. The van der Waals surface area contributed by atoms with Crippen molar-refractivity contribution in [2.75, 3.05) is 5.32 Å². The third-order valence-electron chi connectivity index (χ3n) is 5.13. The number of halogens is 4. The summed E-state index contributed by atoms with van der Waals surface area (Å²) in [5, 5.41) is 6.48. The van der Waals surface area contributed by atoms with E-state index < -0.39 is 17.6 Å². The van der Waals surface area contributed by atoms with Crippen molar-refractivity contribution in [3.05, 3.63) is 82.4 Å². The van der Waals surface area contributed by atoms with E-state index in [1.807, 2.05) is 30.3 Å². The summed E-state index contributed by atoms with van der Waals surface area (Å²) in [6.07, 6.45) is -3.17. The van der Waals surface area contributed by atoms with Crippen LogP contribution in [0.25, 0.3) is 22.5 Å². The molecule has 174 valence electrons. The fraction of sp³-hybridized carbons (Fsp3) is 0.167. The van der Waals surface area contributed by atoms with Gasteiger partial charge in [0.25, 0.3) is 5.91 Å². The van der Waals surface area contributed by atoms with E-state index in [9.17, 15) is 18.0 Å². The van der Waals surface area contributed by atoms with Gasteiger partial charge >= 0.3 is 6.18 Å². The standard InChI is InChI=1S/C24H19ClF3N5O/c1-13-21(22(30-14(2)29-13)15-7-5-4-6-8-15)31-23(34)17-11-16(20-9-10-33(3)32-20)18(12-19(17)25)24(26,27)28/h4-12H,1-3H3,(H,31,34). The van der Waals surface area contributed by atoms with Crippen LogP contribution < -0.4 is 5.32 Å². The Morgan fingerprint density at radius 3 is 2.38 bits per heavy atom. The van der Waals surface area contributed by atoms with Crippen LogP contribution in [0, 0.1) is 13.8 Å². The first-order valence-corrected chi connectivity index (χ1v) is 10.5. The van der Waals surface area contributed by atoms with Gasteiger partial charge in [0.2, 0.25) is 0 Å². The van der Waals surface area contributed by atoms with Crippen molar-refractivity contribution in [2.45, 2.75) is 20.0 Å². The number of amides is 1. The first-order valence-electron chi connectivity index (χ1n) is 10.2. The number of aromatic nitrogens is 4. The molecule has 1 N–H and O–H groups in total. The molecule has 2 aromatic carbocycles. The molecule has 0 unspecified atom stereocenters. The van der Waals surface area contributed by atoms with Crippen LogP contribution in [-0.2, 0) is 13.2 Å². The van der Waals surface area contributed by atoms with E-state index in [1.54, 1.807) is 20.9 Å². The van der Waals surface area contributed by atoms with Crippen LogP contribution in [0.1, 0.15) is 27.4 Å². The highest BCUT2D eigenvalue weighted by molar-refractivity contribution is 6.34. The van der Waals surface area contributed by atoms with Gasteiger partial charge in [-0.2, -0.15) is 18.3 Å². The molecule has 0 atom stereocenters. The van der Waals surface area contributed by atoms with E-state index in [-0.39, 0.29) is 21.8 Å². The van der Waals surface area contributed by atoms with Gasteiger partial charge in [-0.25, -0.2) is 9.97 Å². The topological polar surface area (TPSA) is 72.7 Å². The monoisotopic (exact) mass is 485 g/mol. The second-order valence-electron chi connectivity index (χ2n) is 7.65. The zero-order valence-electron chi connectivity index (χ0n) is 18.4. The summed E-state index contributed by atoms with van der Waals surface area (Å²) < 4.78 is 42.5. The van der Waals surface area contributed by atoms with E-state index in [4.69, 9.17) is 11.6 Å². The minimum Gasteiger partial charge on any atom is -0.319 e. The van der Waals surface area contributed by atoms with Gasteiger partial charge in [-0.3, -0.25) is 9.48 Å². The van der Waals surface area contributed by atoms with Gasteiger partial charge in [-0.15, -0.1) is 0 Å². The summed E-state index contributed by atoms with van der Waals surface area (Å²) in [7, 11) is 1.59. The molecule has 0 spiro atoms. The third kappa shape index (κ3) is 4.65. The van der Waals surface area contributed by atoms with E-state index in [1.165, 1.54) is 16.9 Å².